The molecule has 3 aromatic rings. The smallest absolute Gasteiger partial charge is 0.199 e. The number of carbonyl (C=O) groups excluding carboxylic acids is 2. The largest absolute Gasteiger partial charge is 0.460 e. The molecule has 0 aliphatic carbocycles. The third kappa shape index (κ3) is 2.98. The van der Waals surface area contributed by atoms with E-state index in [2.05, 4.69) is 0 Å². The molecule has 0 fully saturated rings. The molecule has 3 heteroatoms. The summed E-state index contributed by atoms with van der Waals surface area (Å²) in [5.74, 6) is -0.122. The van der Waals surface area contributed by atoms with Crippen LogP contribution in [0.25, 0.3) is 10.8 Å². The number of carbonyl (C=O) groups is 2. The summed E-state index contributed by atoms with van der Waals surface area (Å²) in [6.07, 6.45) is 3.16. The zero-order valence-corrected chi connectivity index (χ0v) is 12.1. The highest BCUT2D eigenvalue weighted by Gasteiger charge is 2.19. The van der Waals surface area contributed by atoms with Crippen LogP contribution in [-0.2, 0) is 11.2 Å². The lowest BCUT2D eigenvalue weighted by molar-refractivity contribution is -0.111. The molecule has 0 radical (unpaired) electrons. The van der Waals surface area contributed by atoms with Gasteiger partial charge >= 0.3 is 0 Å². The highest BCUT2D eigenvalue weighted by atomic mass is 16.3. The van der Waals surface area contributed by atoms with Crippen LogP contribution in [0.2, 0.25) is 0 Å². The minimum Gasteiger partial charge on any atom is -0.460 e. The molecule has 0 aliphatic heterocycles. The maximum absolute atomic E-state index is 12.4. The topological polar surface area (TPSA) is 47.3 Å². The lowest BCUT2D eigenvalue weighted by Gasteiger charge is -2.08. The van der Waals surface area contributed by atoms with E-state index in [-0.39, 0.29) is 18.1 Å². The van der Waals surface area contributed by atoms with Crippen molar-refractivity contribution in [2.75, 3.05) is 0 Å². The third-order valence-electron chi connectivity index (χ3n) is 3.74. The molecular formula is C19H16O3. The van der Waals surface area contributed by atoms with Gasteiger partial charge < -0.3 is 9.21 Å². The van der Waals surface area contributed by atoms with E-state index in [1.165, 1.54) is 0 Å². The summed E-state index contributed by atoms with van der Waals surface area (Å²) >= 11 is 0. The van der Waals surface area contributed by atoms with E-state index >= 15 is 0 Å². The summed E-state index contributed by atoms with van der Waals surface area (Å²) < 4.78 is 5.41. The molecule has 0 saturated carbocycles. The van der Waals surface area contributed by atoms with E-state index in [1.807, 2.05) is 54.6 Å². The van der Waals surface area contributed by atoms with E-state index in [0.717, 1.165) is 22.6 Å². The zero-order valence-electron chi connectivity index (χ0n) is 12.1. The van der Waals surface area contributed by atoms with Crippen LogP contribution in [0.3, 0.4) is 0 Å². The zero-order chi connectivity index (χ0) is 15.4. The molecule has 3 rings (SSSR count). The Morgan fingerprint density at radius 2 is 1.77 bits per heavy atom. The lowest BCUT2D eigenvalue weighted by atomic mass is 9.94. The summed E-state index contributed by atoms with van der Waals surface area (Å²) in [4.78, 5) is 23.7. The molecule has 0 N–H and O–H groups in total. The van der Waals surface area contributed by atoms with Crippen molar-refractivity contribution in [1.82, 2.24) is 0 Å². The fourth-order valence-electron chi connectivity index (χ4n) is 2.62. The number of hydrogen-bond donors (Lipinski definition) is 0. The number of fused-ring (bicyclic) bond motifs is 1. The molecule has 22 heavy (non-hydrogen) atoms. The second-order valence-corrected chi connectivity index (χ2v) is 5.37. The first-order valence-corrected chi connectivity index (χ1v) is 7.26. The van der Waals surface area contributed by atoms with Crippen molar-refractivity contribution in [3.63, 3.8) is 0 Å². The molecule has 0 bridgehead atoms. The minimum atomic E-state index is -0.334. The molecule has 0 aliphatic rings. The van der Waals surface area contributed by atoms with Crippen LogP contribution in [0.4, 0.5) is 0 Å². The van der Waals surface area contributed by atoms with Crippen LogP contribution < -0.4 is 0 Å². The van der Waals surface area contributed by atoms with Gasteiger partial charge in [0, 0.05) is 23.1 Å². The van der Waals surface area contributed by atoms with Gasteiger partial charge in [-0.3, -0.25) is 4.79 Å². The predicted octanol–water partition coefficient (Wildman–Crippen LogP) is 4.06. The minimum absolute atomic E-state index is 0.130. The number of rotatable bonds is 6. The SMILES string of the molecule is O=CC(CC(=O)c1occ2ccccc12)Cc1ccccc1. The van der Waals surface area contributed by atoms with Crippen LogP contribution in [0.5, 0.6) is 0 Å². The Kier molecular flexibility index (Phi) is 4.15. The Morgan fingerprint density at radius 3 is 2.55 bits per heavy atom. The molecule has 1 atom stereocenters. The molecule has 1 unspecified atom stereocenters. The summed E-state index contributed by atoms with van der Waals surface area (Å²) in [5.41, 5.74) is 1.05. The van der Waals surface area contributed by atoms with Gasteiger partial charge in [0.1, 0.15) is 6.29 Å². The van der Waals surface area contributed by atoms with Gasteiger partial charge in [0.2, 0.25) is 0 Å². The van der Waals surface area contributed by atoms with Gasteiger partial charge in [-0.2, -0.15) is 0 Å². The van der Waals surface area contributed by atoms with E-state index < -0.39 is 0 Å². The van der Waals surface area contributed by atoms with Crippen LogP contribution in [-0.4, -0.2) is 12.1 Å². The maximum Gasteiger partial charge on any atom is 0.199 e. The molecule has 0 spiro atoms. The lowest BCUT2D eigenvalue weighted by Crippen LogP contribution is -2.12. The van der Waals surface area contributed by atoms with Crippen LogP contribution >= 0.6 is 0 Å². The molecule has 1 aromatic heterocycles. The van der Waals surface area contributed by atoms with Crippen molar-refractivity contribution in [3.05, 3.63) is 72.2 Å². The first-order chi connectivity index (χ1) is 10.8. The number of aldehydes is 1. The second kappa shape index (κ2) is 6.39. The van der Waals surface area contributed by atoms with E-state index in [1.54, 1.807) is 6.26 Å². The monoisotopic (exact) mass is 292 g/mol. The van der Waals surface area contributed by atoms with Crippen LogP contribution in [0.1, 0.15) is 22.5 Å². The van der Waals surface area contributed by atoms with Crippen molar-refractivity contribution in [2.45, 2.75) is 12.8 Å². The highest BCUT2D eigenvalue weighted by molar-refractivity contribution is 6.06. The van der Waals surface area contributed by atoms with Gasteiger partial charge in [-0.15, -0.1) is 0 Å². The Balaban J connectivity index is 1.76. The van der Waals surface area contributed by atoms with Crippen molar-refractivity contribution in [2.24, 2.45) is 5.92 Å². The summed E-state index contributed by atoms with van der Waals surface area (Å²) in [7, 11) is 0. The van der Waals surface area contributed by atoms with Crippen LogP contribution in [0, 0.1) is 5.92 Å². The fourth-order valence-corrected chi connectivity index (χ4v) is 2.62. The molecule has 2 aromatic carbocycles. The fraction of sp³-hybridized carbons (Fsp3) is 0.158. The van der Waals surface area contributed by atoms with E-state index in [9.17, 15) is 9.59 Å². The van der Waals surface area contributed by atoms with Crippen molar-refractivity contribution in [1.29, 1.82) is 0 Å². The molecule has 0 saturated heterocycles. The Bertz CT molecular complexity index is 787. The quantitative estimate of drug-likeness (QED) is 0.508. The standard InChI is InChI=1S/C19H16O3/c20-12-15(10-14-6-2-1-3-7-14)11-18(21)19-17-9-5-4-8-16(17)13-22-19/h1-9,12-13,15H,10-11H2. The number of ketones is 1. The maximum atomic E-state index is 12.4. The Hall–Kier alpha value is -2.68. The molecule has 3 nitrogen and oxygen atoms in total. The van der Waals surface area contributed by atoms with E-state index in [0.29, 0.717) is 12.2 Å². The van der Waals surface area contributed by atoms with E-state index in [4.69, 9.17) is 4.42 Å². The highest BCUT2D eigenvalue weighted by Crippen LogP contribution is 2.23. The van der Waals surface area contributed by atoms with Crippen LogP contribution in [0.15, 0.2) is 65.3 Å². The second-order valence-electron chi connectivity index (χ2n) is 5.37. The first kappa shape index (κ1) is 14.3. The average Bonchev–Trinajstić information content (AvgIpc) is 2.99. The molecule has 110 valence electrons. The Labute approximate surface area is 128 Å². The number of furan rings is 1. The third-order valence-corrected chi connectivity index (χ3v) is 3.74. The van der Waals surface area contributed by atoms with Crippen molar-refractivity contribution >= 4 is 22.8 Å². The normalized spacial score (nSPS) is 12.2. The first-order valence-electron chi connectivity index (χ1n) is 7.26. The van der Waals surface area contributed by atoms with Crippen molar-refractivity contribution in [3.8, 4) is 0 Å². The van der Waals surface area contributed by atoms with Gasteiger partial charge in [-0.05, 0) is 12.0 Å². The van der Waals surface area contributed by atoms with Gasteiger partial charge in [0.15, 0.2) is 11.5 Å². The molecular weight excluding hydrogens is 276 g/mol. The summed E-state index contributed by atoms with van der Waals surface area (Å²) in [6.45, 7) is 0. The summed E-state index contributed by atoms with van der Waals surface area (Å²) in [5, 5.41) is 1.70. The van der Waals surface area contributed by atoms with Crippen molar-refractivity contribution < 1.29 is 14.0 Å². The number of hydrogen-bond acceptors (Lipinski definition) is 3. The van der Waals surface area contributed by atoms with Gasteiger partial charge in [0.25, 0.3) is 0 Å². The molecule has 0 amide bonds. The molecule has 1 heterocycles. The number of benzene rings is 2. The average molecular weight is 292 g/mol. The van der Waals surface area contributed by atoms with Gasteiger partial charge in [-0.1, -0.05) is 54.6 Å². The summed E-state index contributed by atoms with van der Waals surface area (Å²) in [6, 6.07) is 17.2. The predicted molar refractivity (Wildman–Crippen MR) is 84.9 cm³/mol. The van der Waals surface area contributed by atoms with Gasteiger partial charge in [-0.25, -0.2) is 0 Å². The Morgan fingerprint density at radius 1 is 1.05 bits per heavy atom. The number of Topliss-reactive ketones (excluding diaryl/α,β-unsaturated/α-hetero) is 1. The van der Waals surface area contributed by atoms with Gasteiger partial charge in [0.05, 0.1) is 6.26 Å².